The van der Waals surface area contributed by atoms with E-state index in [2.05, 4.69) is 5.32 Å². The van der Waals surface area contributed by atoms with Gasteiger partial charge in [0.1, 0.15) is 5.75 Å². The number of benzene rings is 1. The number of hydrogen-bond acceptors (Lipinski definition) is 3. The molecule has 0 aliphatic carbocycles. The van der Waals surface area contributed by atoms with Crippen LogP contribution in [0.15, 0.2) is 18.2 Å². The van der Waals surface area contributed by atoms with Gasteiger partial charge in [-0.15, -0.1) is 0 Å². The zero-order valence-electron chi connectivity index (χ0n) is 13.2. The van der Waals surface area contributed by atoms with E-state index in [-0.39, 0.29) is 19.5 Å². The smallest absolute Gasteiger partial charge is 0.471 e. The van der Waals surface area contributed by atoms with Gasteiger partial charge in [-0.25, -0.2) is 4.79 Å². The van der Waals surface area contributed by atoms with Crippen molar-refractivity contribution in [1.29, 1.82) is 0 Å². The molecule has 6 nitrogen and oxygen atoms in total. The van der Waals surface area contributed by atoms with Crippen LogP contribution >= 0.6 is 0 Å². The van der Waals surface area contributed by atoms with Crippen LogP contribution in [0.5, 0.6) is 5.75 Å². The van der Waals surface area contributed by atoms with Gasteiger partial charge >= 0.3 is 18.1 Å². The predicted octanol–water partition coefficient (Wildman–Crippen LogP) is 2.29. The zero-order valence-corrected chi connectivity index (χ0v) is 13.2. The molecule has 2 rings (SSSR count). The first-order chi connectivity index (χ1) is 11.2. The topological polar surface area (TPSA) is 70.7 Å². The maximum absolute atomic E-state index is 12.2. The lowest BCUT2D eigenvalue weighted by molar-refractivity contribution is -0.174. The SMILES string of the molecule is COc1ccc(NC(=O)N2CCC(NC(=O)C(F)(F)F)C2)c(C)c1. The average Bonchev–Trinajstić information content (AvgIpc) is 2.97. The number of likely N-dealkylation sites (tertiary alicyclic amines) is 1. The molecule has 0 aromatic heterocycles. The lowest BCUT2D eigenvalue weighted by Crippen LogP contribution is -2.45. The Morgan fingerprint density at radius 3 is 2.62 bits per heavy atom. The van der Waals surface area contributed by atoms with Crippen LogP contribution in [0.25, 0.3) is 0 Å². The predicted molar refractivity (Wildman–Crippen MR) is 80.9 cm³/mol. The Bertz CT molecular complexity index is 634. The molecule has 0 radical (unpaired) electrons. The van der Waals surface area contributed by atoms with Crippen molar-refractivity contribution in [3.63, 3.8) is 0 Å². The number of carbonyl (C=O) groups excluding carboxylic acids is 2. The molecule has 1 saturated heterocycles. The fraction of sp³-hybridized carbons (Fsp3) is 0.467. The van der Waals surface area contributed by atoms with Crippen LogP contribution in [0, 0.1) is 6.92 Å². The second-order valence-electron chi connectivity index (χ2n) is 5.51. The Labute approximate surface area is 137 Å². The molecule has 1 aromatic rings. The van der Waals surface area contributed by atoms with Crippen LogP contribution in [0.3, 0.4) is 0 Å². The largest absolute Gasteiger partial charge is 0.497 e. The summed E-state index contributed by atoms with van der Waals surface area (Å²) in [5.74, 6) is -1.33. The van der Waals surface area contributed by atoms with Crippen LogP contribution < -0.4 is 15.4 Å². The van der Waals surface area contributed by atoms with Crippen molar-refractivity contribution in [2.24, 2.45) is 0 Å². The number of urea groups is 1. The minimum Gasteiger partial charge on any atom is -0.497 e. The van der Waals surface area contributed by atoms with Gasteiger partial charge in [-0.1, -0.05) is 0 Å². The van der Waals surface area contributed by atoms with Crippen molar-refractivity contribution in [2.75, 3.05) is 25.5 Å². The first kappa shape index (κ1) is 17.9. The van der Waals surface area contributed by atoms with Gasteiger partial charge in [0.15, 0.2) is 0 Å². The summed E-state index contributed by atoms with van der Waals surface area (Å²) in [5, 5.41) is 4.60. The number of ether oxygens (including phenoxy) is 1. The molecule has 3 amide bonds. The van der Waals surface area contributed by atoms with Gasteiger partial charge in [-0.05, 0) is 37.1 Å². The molecule has 1 aromatic carbocycles. The number of anilines is 1. The molecule has 1 aliphatic heterocycles. The summed E-state index contributed by atoms with van der Waals surface area (Å²) in [5.41, 5.74) is 1.38. The monoisotopic (exact) mass is 345 g/mol. The number of methoxy groups -OCH3 is 1. The van der Waals surface area contributed by atoms with Crippen LogP contribution in [-0.2, 0) is 4.79 Å². The highest BCUT2D eigenvalue weighted by molar-refractivity contribution is 5.90. The summed E-state index contributed by atoms with van der Waals surface area (Å²) in [6, 6.07) is 4.00. The summed E-state index contributed by atoms with van der Waals surface area (Å²) in [6.07, 6.45) is -4.65. The summed E-state index contributed by atoms with van der Waals surface area (Å²) < 4.78 is 41.8. The van der Waals surface area contributed by atoms with E-state index in [1.165, 1.54) is 12.0 Å². The first-order valence-corrected chi connectivity index (χ1v) is 7.29. The molecule has 1 aliphatic rings. The molecule has 0 saturated carbocycles. The zero-order chi connectivity index (χ0) is 17.9. The molecular weight excluding hydrogens is 327 g/mol. The van der Waals surface area contributed by atoms with Gasteiger partial charge in [0.25, 0.3) is 0 Å². The van der Waals surface area contributed by atoms with Crippen molar-refractivity contribution < 1.29 is 27.5 Å². The number of nitrogens with one attached hydrogen (secondary N) is 2. The highest BCUT2D eigenvalue weighted by atomic mass is 19.4. The summed E-state index contributed by atoms with van der Waals surface area (Å²) in [7, 11) is 1.53. The molecule has 2 N–H and O–H groups in total. The van der Waals surface area contributed by atoms with Crippen LogP contribution in [-0.4, -0.2) is 49.3 Å². The Morgan fingerprint density at radius 1 is 1.33 bits per heavy atom. The molecule has 9 heteroatoms. The minimum absolute atomic E-state index is 0.0306. The maximum atomic E-state index is 12.2. The third-order valence-corrected chi connectivity index (χ3v) is 3.74. The quantitative estimate of drug-likeness (QED) is 0.883. The molecule has 1 atom stereocenters. The fourth-order valence-electron chi connectivity index (χ4n) is 2.43. The molecule has 0 bridgehead atoms. The molecule has 0 spiro atoms. The van der Waals surface area contributed by atoms with Crippen molar-refractivity contribution in [2.45, 2.75) is 25.6 Å². The number of aryl methyl sites for hydroxylation is 1. The van der Waals surface area contributed by atoms with E-state index in [0.717, 1.165) is 5.56 Å². The Hall–Kier alpha value is -2.45. The molecule has 1 unspecified atom stereocenters. The van der Waals surface area contributed by atoms with Crippen LogP contribution in [0.1, 0.15) is 12.0 Å². The summed E-state index contributed by atoms with van der Waals surface area (Å²) >= 11 is 0. The standard InChI is InChI=1S/C15H18F3N3O3/c1-9-7-11(24-2)3-4-12(9)20-14(23)21-6-5-10(8-21)19-13(22)15(16,17)18/h3-4,7,10H,5-6,8H2,1-2H3,(H,19,22)(H,20,23). The highest BCUT2D eigenvalue weighted by Crippen LogP contribution is 2.22. The number of carbonyl (C=O) groups is 2. The molecule has 24 heavy (non-hydrogen) atoms. The number of hydrogen-bond donors (Lipinski definition) is 2. The third-order valence-electron chi connectivity index (χ3n) is 3.74. The lowest BCUT2D eigenvalue weighted by atomic mass is 10.2. The number of halogens is 3. The minimum atomic E-state index is -4.92. The van der Waals surface area contributed by atoms with E-state index in [1.54, 1.807) is 25.1 Å². The van der Waals surface area contributed by atoms with Gasteiger partial charge in [0, 0.05) is 24.8 Å². The van der Waals surface area contributed by atoms with E-state index in [0.29, 0.717) is 11.4 Å². The average molecular weight is 345 g/mol. The van der Waals surface area contributed by atoms with Crippen LogP contribution in [0.4, 0.5) is 23.7 Å². The Kier molecular flexibility index (Phi) is 5.20. The number of nitrogens with zero attached hydrogens (tertiary/aromatic N) is 1. The van der Waals surface area contributed by atoms with Crippen LogP contribution in [0.2, 0.25) is 0 Å². The van der Waals surface area contributed by atoms with Gasteiger partial charge in [0.2, 0.25) is 0 Å². The number of alkyl halides is 3. The van der Waals surface area contributed by atoms with Gasteiger partial charge < -0.3 is 20.3 Å². The molecular formula is C15H18F3N3O3. The van der Waals surface area contributed by atoms with Crippen molar-refractivity contribution in [3.8, 4) is 5.75 Å². The van der Waals surface area contributed by atoms with E-state index in [4.69, 9.17) is 4.74 Å². The fourth-order valence-corrected chi connectivity index (χ4v) is 2.43. The van der Waals surface area contributed by atoms with Gasteiger partial charge in [-0.3, -0.25) is 4.79 Å². The second kappa shape index (κ2) is 6.98. The van der Waals surface area contributed by atoms with Crippen molar-refractivity contribution in [3.05, 3.63) is 23.8 Å². The van der Waals surface area contributed by atoms with Gasteiger partial charge in [-0.2, -0.15) is 13.2 Å². The Morgan fingerprint density at radius 2 is 2.04 bits per heavy atom. The number of amides is 3. The van der Waals surface area contributed by atoms with E-state index < -0.39 is 24.2 Å². The highest BCUT2D eigenvalue weighted by Gasteiger charge is 2.41. The lowest BCUT2D eigenvalue weighted by Gasteiger charge is -2.19. The number of rotatable bonds is 3. The van der Waals surface area contributed by atoms with Crippen molar-refractivity contribution >= 4 is 17.6 Å². The third kappa shape index (κ3) is 4.30. The first-order valence-electron chi connectivity index (χ1n) is 7.29. The van der Waals surface area contributed by atoms with E-state index in [9.17, 15) is 22.8 Å². The second-order valence-corrected chi connectivity index (χ2v) is 5.51. The maximum Gasteiger partial charge on any atom is 0.471 e. The van der Waals surface area contributed by atoms with Crippen molar-refractivity contribution in [1.82, 2.24) is 10.2 Å². The molecule has 1 fully saturated rings. The summed E-state index contributed by atoms with van der Waals surface area (Å²) in [6.45, 7) is 2.10. The normalized spacial score (nSPS) is 17.5. The molecule has 1 heterocycles. The van der Waals surface area contributed by atoms with Gasteiger partial charge in [0.05, 0.1) is 7.11 Å². The van der Waals surface area contributed by atoms with E-state index in [1.807, 2.05) is 5.32 Å². The Balaban J connectivity index is 1.92. The van der Waals surface area contributed by atoms with E-state index >= 15 is 0 Å². The molecule has 132 valence electrons. The summed E-state index contributed by atoms with van der Waals surface area (Å²) in [4.78, 5) is 24.5.